The minimum absolute atomic E-state index is 0.512. The van der Waals surface area contributed by atoms with E-state index in [1.165, 1.54) is 4.31 Å². The van der Waals surface area contributed by atoms with Crippen molar-refractivity contribution >= 4 is 21.8 Å². The lowest BCUT2D eigenvalue weighted by atomic mass is 10.2. The molecule has 0 amide bonds. The number of nitrogens with zero attached hydrogens (tertiary/aromatic N) is 1. The molecular formula is C10H23ClN2O2S. The summed E-state index contributed by atoms with van der Waals surface area (Å²) in [6, 6.07) is 0. The van der Waals surface area contributed by atoms with Crippen molar-refractivity contribution in [2.24, 2.45) is 0 Å². The fraction of sp³-hybridized carbons (Fsp3) is 1.00. The van der Waals surface area contributed by atoms with E-state index >= 15 is 0 Å². The summed E-state index contributed by atoms with van der Waals surface area (Å²) in [4.78, 5) is 0. The fourth-order valence-electron chi connectivity index (χ4n) is 1.43. The van der Waals surface area contributed by atoms with E-state index in [0.29, 0.717) is 25.5 Å². The van der Waals surface area contributed by atoms with Crippen molar-refractivity contribution in [3.05, 3.63) is 0 Å². The molecule has 0 heterocycles. The maximum atomic E-state index is 11.7. The van der Waals surface area contributed by atoms with Crippen LogP contribution in [-0.4, -0.2) is 38.2 Å². The van der Waals surface area contributed by atoms with Gasteiger partial charge in [-0.25, -0.2) is 4.72 Å². The Bertz CT molecular complexity index is 254. The van der Waals surface area contributed by atoms with Gasteiger partial charge in [0.1, 0.15) is 0 Å². The lowest BCUT2D eigenvalue weighted by Gasteiger charge is -2.18. The van der Waals surface area contributed by atoms with E-state index in [9.17, 15) is 8.42 Å². The molecule has 0 spiro atoms. The number of hydrogen-bond donors (Lipinski definition) is 1. The topological polar surface area (TPSA) is 49.4 Å². The van der Waals surface area contributed by atoms with Gasteiger partial charge < -0.3 is 0 Å². The number of halogens is 1. The Balaban J connectivity index is 3.74. The maximum Gasteiger partial charge on any atom is 0.279 e. The molecule has 6 heteroatoms. The van der Waals surface area contributed by atoms with Gasteiger partial charge in [0.05, 0.1) is 0 Å². The van der Waals surface area contributed by atoms with Gasteiger partial charge in [-0.1, -0.05) is 26.7 Å². The van der Waals surface area contributed by atoms with Crippen LogP contribution in [0.25, 0.3) is 0 Å². The molecule has 0 aromatic carbocycles. The highest BCUT2D eigenvalue weighted by Crippen LogP contribution is 2.01. The second-order valence-corrected chi connectivity index (χ2v) is 5.72. The van der Waals surface area contributed by atoms with Crippen molar-refractivity contribution < 1.29 is 8.42 Å². The number of hydrogen-bond acceptors (Lipinski definition) is 2. The van der Waals surface area contributed by atoms with Crippen LogP contribution in [0, 0.1) is 0 Å². The zero-order chi connectivity index (χ0) is 12.4. The number of nitrogens with one attached hydrogen (secondary N) is 1. The summed E-state index contributed by atoms with van der Waals surface area (Å²) in [6.07, 6.45) is 3.96. The van der Waals surface area contributed by atoms with E-state index in [0.717, 1.165) is 25.7 Å². The minimum Gasteiger partial charge on any atom is -0.202 e. The first kappa shape index (κ1) is 16.2. The van der Waals surface area contributed by atoms with Gasteiger partial charge in [-0.05, 0) is 12.8 Å². The zero-order valence-electron chi connectivity index (χ0n) is 10.2. The second kappa shape index (κ2) is 9.22. The van der Waals surface area contributed by atoms with Crippen LogP contribution in [-0.2, 0) is 10.2 Å². The Morgan fingerprint density at radius 2 is 1.62 bits per heavy atom. The molecule has 0 aliphatic heterocycles. The van der Waals surface area contributed by atoms with E-state index in [1.807, 2.05) is 13.8 Å². The number of alkyl halides is 1. The molecule has 0 saturated carbocycles. The SMILES string of the molecule is CCN(CC)S(=O)(=O)NCCCCCCCl. The highest BCUT2D eigenvalue weighted by Gasteiger charge is 2.16. The standard InChI is InChI=1S/C10H23ClN2O2S/c1-3-13(4-2)16(14,15)12-10-8-6-5-7-9-11/h12H,3-10H2,1-2H3. The molecule has 0 fully saturated rings. The Labute approximate surface area is 105 Å². The highest BCUT2D eigenvalue weighted by molar-refractivity contribution is 7.87. The third-order valence-corrected chi connectivity index (χ3v) is 4.42. The largest absolute Gasteiger partial charge is 0.279 e. The molecule has 0 aliphatic carbocycles. The molecule has 0 rings (SSSR count). The summed E-state index contributed by atoms with van der Waals surface area (Å²) >= 11 is 5.55. The second-order valence-electron chi connectivity index (χ2n) is 3.59. The van der Waals surface area contributed by atoms with Crippen LogP contribution in [0.5, 0.6) is 0 Å². The predicted octanol–water partition coefficient (Wildman–Crippen LogP) is 1.96. The van der Waals surface area contributed by atoms with Crippen LogP contribution in [0.2, 0.25) is 0 Å². The molecule has 0 aliphatic rings. The van der Waals surface area contributed by atoms with Crippen LogP contribution in [0.1, 0.15) is 39.5 Å². The summed E-state index contributed by atoms with van der Waals surface area (Å²) in [5.74, 6) is 0.686. The van der Waals surface area contributed by atoms with Crippen LogP contribution in [0.4, 0.5) is 0 Å². The summed E-state index contributed by atoms with van der Waals surface area (Å²) in [5, 5.41) is 0. The van der Waals surface area contributed by atoms with Crippen LogP contribution < -0.4 is 4.72 Å². The molecule has 0 aromatic heterocycles. The van der Waals surface area contributed by atoms with Gasteiger partial charge in [-0.3, -0.25) is 0 Å². The maximum absolute atomic E-state index is 11.7. The number of rotatable bonds is 10. The van der Waals surface area contributed by atoms with Crippen molar-refractivity contribution in [1.29, 1.82) is 0 Å². The summed E-state index contributed by atoms with van der Waals surface area (Å²) in [6.45, 7) is 5.21. The average Bonchev–Trinajstić information content (AvgIpc) is 2.24. The van der Waals surface area contributed by atoms with Gasteiger partial charge in [0.15, 0.2) is 0 Å². The summed E-state index contributed by atoms with van der Waals surface area (Å²) < 4.78 is 27.4. The Morgan fingerprint density at radius 1 is 1.06 bits per heavy atom. The first-order chi connectivity index (χ1) is 7.58. The zero-order valence-corrected chi connectivity index (χ0v) is 11.8. The molecule has 0 bridgehead atoms. The fourth-order valence-corrected chi connectivity index (χ4v) is 2.88. The Kier molecular flexibility index (Phi) is 9.31. The molecule has 0 aromatic rings. The molecule has 0 saturated heterocycles. The molecule has 0 radical (unpaired) electrons. The van der Waals surface area contributed by atoms with Crippen molar-refractivity contribution in [1.82, 2.24) is 9.03 Å². The van der Waals surface area contributed by atoms with Crippen LogP contribution >= 0.6 is 11.6 Å². The minimum atomic E-state index is -3.26. The quantitative estimate of drug-likeness (QED) is 0.487. The van der Waals surface area contributed by atoms with Crippen LogP contribution in [0.15, 0.2) is 0 Å². The third kappa shape index (κ3) is 6.68. The van der Waals surface area contributed by atoms with Crippen molar-refractivity contribution in [3.63, 3.8) is 0 Å². The number of unbranched alkanes of at least 4 members (excludes halogenated alkanes) is 3. The van der Waals surface area contributed by atoms with E-state index in [-0.39, 0.29) is 0 Å². The molecular weight excluding hydrogens is 248 g/mol. The van der Waals surface area contributed by atoms with Crippen molar-refractivity contribution in [2.45, 2.75) is 39.5 Å². The Morgan fingerprint density at radius 3 is 2.12 bits per heavy atom. The first-order valence-corrected chi connectivity index (χ1v) is 7.86. The highest BCUT2D eigenvalue weighted by atomic mass is 35.5. The monoisotopic (exact) mass is 270 g/mol. The van der Waals surface area contributed by atoms with E-state index in [1.54, 1.807) is 0 Å². The molecule has 0 atom stereocenters. The molecule has 98 valence electrons. The van der Waals surface area contributed by atoms with E-state index in [4.69, 9.17) is 11.6 Å². The van der Waals surface area contributed by atoms with Crippen molar-refractivity contribution in [2.75, 3.05) is 25.5 Å². The molecule has 0 unspecified atom stereocenters. The van der Waals surface area contributed by atoms with Gasteiger partial charge in [0.25, 0.3) is 10.2 Å². The lowest BCUT2D eigenvalue weighted by molar-refractivity contribution is 0.434. The molecule has 16 heavy (non-hydrogen) atoms. The smallest absolute Gasteiger partial charge is 0.202 e. The van der Waals surface area contributed by atoms with Gasteiger partial charge in [0.2, 0.25) is 0 Å². The predicted molar refractivity (Wildman–Crippen MR) is 69.0 cm³/mol. The average molecular weight is 271 g/mol. The van der Waals surface area contributed by atoms with Gasteiger partial charge >= 0.3 is 0 Å². The molecule has 4 nitrogen and oxygen atoms in total. The van der Waals surface area contributed by atoms with E-state index in [2.05, 4.69) is 4.72 Å². The van der Waals surface area contributed by atoms with Crippen LogP contribution in [0.3, 0.4) is 0 Å². The summed E-state index contributed by atoms with van der Waals surface area (Å²) in [7, 11) is -3.26. The molecule has 1 N–H and O–H groups in total. The van der Waals surface area contributed by atoms with Gasteiger partial charge in [0, 0.05) is 25.5 Å². The van der Waals surface area contributed by atoms with Gasteiger partial charge in [-0.15, -0.1) is 11.6 Å². The third-order valence-electron chi connectivity index (χ3n) is 2.39. The van der Waals surface area contributed by atoms with Crippen molar-refractivity contribution in [3.8, 4) is 0 Å². The van der Waals surface area contributed by atoms with Gasteiger partial charge in [-0.2, -0.15) is 12.7 Å². The summed E-state index contributed by atoms with van der Waals surface area (Å²) in [5.41, 5.74) is 0. The Hall–Kier alpha value is 0.160. The normalized spacial score (nSPS) is 12.2. The van der Waals surface area contributed by atoms with E-state index < -0.39 is 10.2 Å². The first-order valence-electron chi connectivity index (χ1n) is 5.89. The lowest BCUT2D eigenvalue weighted by Crippen LogP contribution is -2.40.